The Labute approximate surface area is 590 Å². The minimum atomic E-state index is -0.437. The average molecular weight is 1290 g/mol. The zero-order chi connectivity index (χ0) is 72.4. The molecule has 0 N–H and O–H groups in total. The van der Waals surface area contributed by atoms with Crippen molar-refractivity contribution in [3.8, 4) is 61.3 Å². The van der Waals surface area contributed by atoms with Crippen LogP contribution < -0.4 is 26.2 Å². The van der Waals surface area contributed by atoms with E-state index in [0.717, 1.165) is 139 Å². The van der Waals surface area contributed by atoms with E-state index in [4.69, 9.17) is 8.53 Å². The van der Waals surface area contributed by atoms with Crippen LogP contribution in [-0.4, -0.2) is 11.3 Å². The van der Waals surface area contributed by atoms with E-state index in [9.17, 15) is 2.74 Å². The van der Waals surface area contributed by atoms with Crippen LogP contribution in [0, 0.1) is 0 Å². The molecule has 13 aromatic carbocycles. The second kappa shape index (κ2) is 22.9. The number of rotatable bonds is 8. The number of hydrogen-bond acceptors (Lipinski definition) is 3. The summed E-state index contributed by atoms with van der Waals surface area (Å²) in [4.78, 5) is 5.07. The van der Waals surface area contributed by atoms with Crippen molar-refractivity contribution in [1.82, 2.24) is 4.57 Å². The molecule has 0 saturated heterocycles. The van der Waals surface area contributed by atoms with E-state index in [-0.39, 0.29) is 51.4 Å². The molecule has 15 aromatic rings. The van der Waals surface area contributed by atoms with Crippen LogP contribution in [-0.2, 0) is 21.7 Å². The summed E-state index contributed by atoms with van der Waals surface area (Å²) in [7, 11) is 0. The lowest BCUT2D eigenvalue weighted by Gasteiger charge is -2.45. The van der Waals surface area contributed by atoms with Gasteiger partial charge in [-0.05, 0) is 171 Å². The first-order valence-electron chi connectivity index (χ1n) is 37.3. The van der Waals surface area contributed by atoms with Gasteiger partial charge < -0.3 is 18.8 Å². The molecule has 0 atom stereocenters. The highest BCUT2D eigenvalue weighted by atomic mass is 16.3. The first-order chi connectivity index (χ1) is 49.7. The van der Waals surface area contributed by atoms with E-state index < -0.39 is 12.8 Å². The number of hydrogen-bond donors (Lipinski definition) is 0. The van der Waals surface area contributed by atoms with Crippen molar-refractivity contribution in [2.45, 2.75) is 105 Å². The van der Waals surface area contributed by atoms with Gasteiger partial charge in [0.25, 0.3) is 6.71 Å². The van der Waals surface area contributed by atoms with Crippen LogP contribution in [0.25, 0.3) is 105 Å². The van der Waals surface area contributed by atoms with Crippen molar-refractivity contribution >= 4 is 101 Å². The van der Waals surface area contributed by atoms with Gasteiger partial charge in [0, 0.05) is 50.2 Å². The number of aromatic nitrogens is 1. The molecule has 4 nitrogen and oxygen atoms in total. The van der Waals surface area contributed by atoms with Gasteiger partial charge in [0.05, 0.1) is 34.6 Å². The highest BCUT2D eigenvalue weighted by molar-refractivity contribution is 7.00. The molecule has 0 aliphatic carbocycles. The van der Waals surface area contributed by atoms with Crippen LogP contribution in [0.3, 0.4) is 0 Å². The van der Waals surface area contributed by atoms with Crippen molar-refractivity contribution in [3.05, 3.63) is 301 Å². The number of furan rings is 1. The molecule has 2 aliphatic rings. The van der Waals surface area contributed by atoms with Gasteiger partial charge in [0.2, 0.25) is 0 Å². The van der Waals surface area contributed by atoms with Crippen LogP contribution in [0.5, 0.6) is 0 Å². The van der Waals surface area contributed by atoms with Gasteiger partial charge in [0.15, 0.2) is 0 Å². The van der Waals surface area contributed by atoms with Crippen molar-refractivity contribution in [3.63, 3.8) is 0 Å². The quantitative estimate of drug-likeness (QED) is 0.142. The fraction of sp³-hybridized carbons (Fsp3) is 0.170. The van der Waals surface area contributed by atoms with Gasteiger partial charge >= 0.3 is 0 Å². The van der Waals surface area contributed by atoms with Crippen molar-refractivity contribution in [2.75, 3.05) is 9.80 Å². The number of benzene rings is 13. The summed E-state index contributed by atoms with van der Waals surface area (Å²) in [5, 5.41) is 4.08. The molecule has 2 aliphatic heterocycles. The molecule has 0 unspecified atom stereocenters. The predicted molar refractivity (Wildman–Crippen MR) is 424 cm³/mol. The molecule has 5 heteroatoms. The van der Waals surface area contributed by atoms with Crippen LogP contribution >= 0.6 is 0 Å². The van der Waals surface area contributed by atoms with Crippen molar-refractivity contribution in [1.29, 1.82) is 0 Å². The van der Waals surface area contributed by atoms with Crippen molar-refractivity contribution in [2.24, 2.45) is 0 Å². The topological polar surface area (TPSA) is 24.6 Å². The maximum atomic E-state index is 9.60. The van der Waals surface area contributed by atoms with Gasteiger partial charge in [-0.25, -0.2) is 0 Å². The molecule has 17 rings (SSSR count). The number of fused-ring (bicyclic) bond motifs is 10. The molecule has 0 radical (unpaired) electrons. The SMILES string of the molecule is [2H]c1c([2H])c([2H])c(-c2ccc3c(c2)N(c2cc(-c4ccccc4)cc4oc5ccccc5c24)c2cc(-c4cccc(C(C)(C)C)c4)cc4c2B3c2ccc(-c3cc(C(C)(C)C)cc(C(C)(C)C)c3)cc2N4c2c(-c3ccccc3)ccc3c2c2ccccc2n3-c2ccccc2C(C)(C)C)c([2H])c1[2H]. The summed E-state index contributed by atoms with van der Waals surface area (Å²) >= 11 is 0. The Bertz CT molecular complexity index is 6000. The van der Waals surface area contributed by atoms with Crippen LogP contribution in [0.15, 0.2) is 283 Å². The smallest absolute Gasteiger partial charge is 0.252 e. The molecular weight excluding hydrogens is 1200 g/mol. The summed E-state index contributed by atoms with van der Waals surface area (Å²) in [6.45, 7) is 27.2. The van der Waals surface area contributed by atoms with Crippen molar-refractivity contribution < 1.29 is 11.3 Å². The van der Waals surface area contributed by atoms with Gasteiger partial charge in [-0.15, -0.1) is 0 Å². The first-order valence-corrected chi connectivity index (χ1v) is 34.8. The molecule has 0 amide bonds. The highest BCUT2D eigenvalue weighted by Crippen LogP contribution is 2.55. The van der Waals surface area contributed by atoms with E-state index in [0.29, 0.717) is 11.1 Å². The van der Waals surface area contributed by atoms with Gasteiger partial charge in [0.1, 0.15) is 11.2 Å². The van der Waals surface area contributed by atoms with Crippen LogP contribution in [0.4, 0.5) is 34.1 Å². The summed E-state index contributed by atoms with van der Waals surface area (Å²) in [5.74, 6) is 0. The summed E-state index contributed by atoms with van der Waals surface area (Å²) in [6, 6.07) is 89.6. The van der Waals surface area contributed by atoms with E-state index >= 15 is 0 Å². The molecule has 482 valence electrons. The maximum absolute atomic E-state index is 9.60. The maximum Gasteiger partial charge on any atom is 0.252 e. The Kier molecular flexibility index (Phi) is 13.0. The van der Waals surface area contributed by atoms with E-state index in [1.54, 1.807) is 0 Å². The molecule has 0 bridgehead atoms. The molecule has 0 spiro atoms. The molecule has 99 heavy (non-hydrogen) atoms. The minimum absolute atomic E-state index is 0.132. The second-order valence-electron chi connectivity index (χ2n) is 31.4. The Morgan fingerprint density at radius 1 is 0.323 bits per heavy atom. The predicted octanol–water partition coefficient (Wildman–Crippen LogP) is 24.3. The third-order valence-electron chi connectivity index (χ3n) is 20.8. The summed E-state index contributed by atoms with van der Waals surface area (Å²) in [6.07, 6.45) is 0. The largest absolute Gasteiger partial charge is 0.456 e. The lowest BCUT2D eigenvalue weighted by molar-refractivity contribution is 0.569. The third kappa shape index (κ3) is 10.3. The van der Waals surface area contributed by atoms with Gasteiger partial charge in [-0.2, -0.15) is 0 Å². The Morgan fingerprint density at radius 3 is 1.53 bits per heavy atom. The lowest BCUT2D eigenvalue weighted by atomic mass is 9.33. The molecular formula is C94H82BN3O. The third-order valence-corrected chi connectivity index (χ3v) is 20.8. The van der Waals surface area contributed by atoms with Crippen LogP contribution in [0.1, 0.15) is 112 Å². The zero-order valence-corrected chi connectivity index (χ0v) is 58.5. The van der Waals surface area contributed by atoms with E-state index in [2.05, 4.69) is 322 Å². The van der Waals surface area contributed by atoms with E-state index in [1.165, 1.54) is 22.3 Å². The Hall–Kier alpha value is -10.9. The summed E-state index contributed by atoms with van der Waals surface area (Å²) in [5.41, 5.74) is 26.8. The van der Waals surface area contributed by atoms with Gasteiger partial charge in [-0.3, -0.25) is 0 Å². The minimum Gasteiger partial charge on any atom is -0.456 e. The first kappa shape index (κ1) is 56.2. The zero-order valence-electron chi connectivity index (χ0n) is 63.5. The fourth-order valence-corrected chi connectivity index (χ4v) is 15.7. The normalized spacial score (nSPS) is 13.9. The van der Waals surface area contributed by atoms with Gasteiger partial charge in [-0.1, -0.05) is 301 Å². The molecule has 0 saturated carbocycles. The number of anilines is 6. The summed E-state index contributed by atoms with van der Waals surface area (Å²) < 4.78 is 55.8. The van der Waals surface area contributed by atoms with E-state index in [1.807, 2.05) is 24.3 Å². The molecule has 0 fully saturated rings. The number of para-hydroxylation sites is 3. The highest BCUT2D eigenvalue weighted by Gasteiger charge is 2.46. The van der Waals surface area contributed by atoms with Crippen LogP contribution in [0.2, 0.25) is 0 Å². The lowest BCUT2D eigenvalue weighted by Crippen LogP contribution is -2.61. The second-order valence-corrected chi connectivity index (χ2v) is 31.4. The molecule has 2 aromatic heterocycles. The average Bonchev–Trinajstić information content (AvgIpc) is 1.03. The standard InChI is InChI=1S/C94H82BN3O/c1-91(2,3)68-36-28-35-62(49-68)66-55-83-89-84(56-66)98(90-71(61-33-20-15-21-34-61)45-48-79-88(90)72-37-22-25-40-77(72)96(79)78-41-26-24-39-74(78)94(10,11)12)81-53-64(65-50-69(92(4,5)6)58-70(51-65)93(7,8)9)44-47-76(81)95(89)75-46-43-63(59-29-16-13-17-30-59)52-80(75)97(83)82-54-67(60-31-18-14-19-32-60)57-86-87(82)73-38-23-27-42-85(73)99-86/h13-58H,1-12H3/i13D,16D,17D,29D,30D. The fourth-order valence-electron chi connectivity index (χ4n) is 15.7. The Balaban J connectivity index is 1.09. The number of nitrogens with zero attached hydrogens (tertiary/aromatic N) is 3. The molecule has 4 heterocycles. The monoisotopic (exact) mass is 1280 g/mol. The Morgan fingerprint density at radius 2 is 0.848 bits per heavy atom.